The number of benzene rings is 2. The number of fused-ring (bicyclic) bond motifs is 1. The Balaban J connectivity index is 1.35. The van der Waals surface area contributed by atoms with E-state index in [9.17, 15) is 9.18 Å². The Morgan fingerprint density at radius 1 is 1.17 bits per heavy atom. The number of amides is 1. The largest absolute Gasteiger partial charge is 0.489 e. The summed E-state index contributed by atoms with van der Waals surface area (Å²) in [6.07, 6.45) is 0.381. The molecule has 29 heavy (non-hydrogen) atoms. The zero-order valence-corrected chi connectivity index (χ0v) is 16.4. The molecule has 1 fully saturated rings. The van der Waals surface area contributed by atoms with Crippen molar-refractivity contribution in [3.8, 4) is 5.75 Å². The standard InChI is InChI=1S/C23H24FN3O2/c1-16-9-10-17-6-4-8-20(21(17)27-16)29-12-11-26-22(28)23(14-25-15-23)13-18-5-2-3-7-19(18)24/h2-10,25H,11-15H2,1H3,(H,26,28). The molecule has 1 aliphatic rings. The first kappa shape index (κ1) is 19.3. The number of aromatic nitrogens is 1. The highest BCUT2D eigenvalue weighted by Gasteiger charge is 2.44. The first-order valence-corrected chi connectivity index (χ1v) is 9.79. The van der Waals surface area contributed by atoms with Crippen molar-refractivity contribution in [3.63, 3.8) is 0 Å². The molecular formula is C23H24FN3O2. The van der Waals surface area contributed by atoms with Gasteiger partial charge in [0.1, 0.15) is 23.7 Å². The van der Waals surface area contributed by atoms with Crippen molar-refractivity contribution < 1.29 is 13.9 Å². The maximum absolute atomic E-state index is 14.0. The van der Waals surface area contributed by atoms with E-state index in [4.69, 9.17) is 4.74 Å². The predicted octanol–water partition coefficient (Wildman–Crippen LogP) is 3.01. The number of para-hydroxylation sites is 1. The second-order valence-corrected chi connectivity index (χ2v) is 7.54. The second-order valence-electron chi connectivity index (χ2n) is 7.54. The molecule has 1 aliphatic heterocycles. The Bertz CT molecular complexity index is 1030. The van der Waals surface area contributed by atoms with Gasteiger partial charge in [-0.1, -0.05) is 36.4 Å². The summed E-state index contributed by atoms with van der Waals surface area (Å²) in [5.74, 6) is 0.357. The highest BCUT2D eigenvalue weighted by Crippen LogP contribution is 2.29. The molecule has 1 amide bonds. The normalized spacial score (nSPS) is 15.0. The number of halogens is 1. The molecule has 0 bridgehead atoms. The van der Waals surface area contributed by atoms with E-state index < -0.39 is 5.41 Å². The maximum atomic E-state index is 14.0. The number of ether oxygens (including phenoxy) is 1. The quantitative estimate of drug-likeness (QED) is 0.606. The van der Waals surface area contributed by atoms with Gasteiger partial charge in [0.05, 0.1) is 12.0 Å². The molecule has 1 aromatic heterocycles. The number of hydrogen-bond donors (Lipinski definition) is 2. The van der Waals surface area contributed by atoms with Crippen molar-refractivity contribution in [2.24, 2.45) is 5.41 Å². The average Bonchev–Trinajstić information content (AvgIpc) is 2.69. The zero-order chi connectivity index (χ0) is 20.3. The third-order valence-electron chi connectivity index (χ3n) is 5.36. The fourth-order valence-electron chi connectivity index (χ4n) is 3.65. The third kappa shape index (κ3) is 4.07. The van der Waals surface area contributed by atoms with E-state index in [1.165, 1.54) is 6.07 Å². The molecule has 3 aromatic rings. The molecule has 0 saturated carbocycles. The van der Waals surface area contributed by atoms with Gasteiger partial charge in [-0.2, -0.15) is 0 Å². The summed E-state index contributed by atoms with van der Waals surface area (Å²) >= 11 is 0. The number of aryl methyl sites for hydroxylation is 1. The molecule has 2 N–H and O–H groups in total. The molecule has 6 heteroatoms. The molecule has 1 saturated heterocycles. The van der Waals surface area contributed by atoms with Gasteiger partial charge >= 0.3 is 0 Å². The molecule has 2 aromatic carbocycles. The summed E-state index contributed by atoms with van der Waals surface area (Å²) in [4.78, 5) is 17.3. The van der Waals surface area contributed by atoms with Crippen molar-refractivity contribution in [3.05, 3.63) is 71.7 Å². The monoisotopic (exact) mass is 393 g/mol. The van der Waals surface area contributed by atoms with Crippen molar-refractivity contribution in [1.29, 1.82) is 0 Å². The van der Waals surface area contributed by atoms with Crippen LogP contribution >= 0.6 is 0 Å². The van der Waals surface area contributed by atoms with Crippen LogP contribution in [0.15, 0.2) is 54.6 Å². The van der Waals surface area contributed by atoms with Crippen LogP contribution in [0.2, 0.25) is 0 Å². The van der Waals surface area contributed by atoms with Crippen LogP contribution in [0.4, 0.5) is 4.39 Å². The number of rotatable bonds is 7. The van der Waals surface area contributed by atoms with Crippen LogP contribution in [0.1, 0.15) is 11.3 Å². The van der Waals surface area contributed by atoms with Crippen LogP contribution in [0, 0.1) is 18.2 Å². The number of nitrogens with one attached hydrogen (secondary N) is 2. The summed E-state index contributed by atoms with van der Waals surface area (Å²) < 4.78 is 19.9. The van der Waals surface area contributed by atoms with E-state index in [0.717, 1.165) is 16.6 Å². The van der Waals surface area contributed by atoms with Crippen LogP contribution in [-0.2, 0) is 11.2 Å². The Labute approximate surface area is 169 Å². The number of carbonyl (C=O) groups is 1. The van der Waals surface area contributed by atoms with Gasteiger partial charge < -0.3 is 15.4 Å². The highest BCUT2D eigenvalue weighted by atomic mass is 19.1. The summed E-state index contributed by atoms with van der Waals surface area (Å²) in [7, 11) is 0. The fourth-order valence-corrected chi connectivity index (χ4v) is 3.65. The van der Waals surface area contributed by atoms with Gasteiger partial charge in [0.2, 0.25) is 5.91 Å². The SMILES string of the molecule is Cc1ccc2cccc(OCCNC(=O)C3(Cc4ccccc4F)CNC3)c2n1. The van der Waals surface area contributed by atoms with E-state index >= 15 is 0 Å². The lowest BCUT2D eigenvalue weighted by Crippen LogP contribution is -2.62. The van der Waals surface area contributed by atoms with Crippen LogP contribution in [-0.4, -0.2) is 37.1 Å². The van der Waals surface area contributed by atoms with Crippen molar-refractivity contribution >= 4 is 16.8 Å². The van der Waals surface area contributed by atoms with Crippen LogP contribution in [0.25, 0.3) is 10.9 Å². The molecule has 0 unspecified atom stereocenters. The predicted molar refractivity (Wildman–Crippen MR) is 110 cm³/mol. The second kappa shape index (κ2) is 8.17. The number of pyridine rings is 1. The first-order valence-electron chi connectivity index (χ1n) is 9.79. The molecule has 0 radical (unpaired) electrons. The van der Waals surface area contributed by atoms with E-state index in [-0.39, 0.29) is 11.7 Å². The molecule has 0 spiro atoms. The van der Waals surface area contributed by atoms with Gasteiger partial charge in [-0.05, 0) is 37.1 Å². The minimum absolute atomic E-state index is 0.0741. The minimum atomic E-state index is -0.611. The van der Waals surface area contributed by atoms with Gasteiger partial charge in [-0.25, -0.2) is 9.37 Å². The highest BCUT2D eigenvalue weighted by molar-refractivity contribution is 5.85. The van der Waals surface area contributed by atoms with E-state index in [1.807, 2.05) is 37.3 Å². The van der Waals surface area contributed by atoms with E-state index in [1.54, 1.807) is 18.2 Å². The molecule has 5 nitrogen and oxygen atoms in total. The Hall–Kier alpha value is -2.99. The minimum Gasteiger partial charge on any atom is -0.489 e. The van der Waals surface area contributed by atoms with E-state index in [0.29, 0.717) is 44.0 Å². The molecule has 150 valence electrons. The summed E-state index contributed by atoms with van der Waals surface area (Å²) in [5.41, 5.74) is 1.70. The van der Waals surface area contributed by atoms with Crippen LogP contribution < -0.4 is 15.4 Å². The first-order chi connectivity index (χ1) is 14.1. The lowest BCUT2D eigenvalue weighted by atomic mass is 9.75. The summed E-state index contributed by atoms with van der Waals surface area (Å²) in [6.45, 7) is 3.74. The smallest absolute Gasteiger partial charge is 0.229 e. The molecular weight excluding hydrogens is 369 g/mol. The summed E-state index contributed by atoms with van der Waals surface area (Å²) in [5, 5.41) is 7.10. The van der Waals surface area contributed by atoms with Gasteiger partial charge in [0.25, 0.3) is 0 Å². The van der Waals surface area contributed by atoms with Crippen molar-refractivity contribution in [2.45, 2.75) is 13.3 Å². The zero-order valence-electron chi connectivity index (χ0n) is 16.4. The van der Waals surface area contributed by atoms with Crippen LogP contribution in [0.5, 0.6) is 5.75 Å². The number of carbonyl (C=O) groups excluding carboxylic acids is 1. The average molecular weight is 393 g/mol. The van der Waals surface area contributed by atoms with Gasteiger partial charge in [-0.3, -0.25) is 4.79 Å². The lowest BCUT2D eigenvalue weighted by Gasteiger charge is -2.41. The molecule has 4 rings (SSSR count). The molecule has 2 heterocycles. The van der Waals surface area contributed by atoms with E-state index in [2.05, 4.69) is 15.6 Å². The molecule has 0 aliphatic carbocycles. The Morgan fingerprint density at radius 3 is 2.76 bits per heavy atom. The van der Waals surface area contributed by atoms with Gasteiger partial charge in [0, 0.05) is 24.2 Å². The van der Waals surface area contributed by atoms with Crippen LogP contribution in [0.3, 0.4) is 0 Å². The Morgan fingerprint density at radius 2 is 2.00 bits per heavy atom. The van der Waals surface area contributed by atoms with Gasteiger partial charge in [-0.15, -0.1) is 0 Å². The lowest BCUT2D eigenvalue weighted by molar-refractivity contribution is -0.134. The maximum Gasteiger partial charge on any atom is 0.229 e. The van der Waals surface area contributed by atoms with Crippen molar-refractivity contribution in [1.82, 2.24) is 15.6 Å². The Kier molecular flexibility index (Phi) is 5.45. The van der Waals surface area contributed by atoms with Gasteiger partial charge in [0.15, 0.2) is 0 Å². The topological polar surface area (TPSA) is 63.2 Å². The number of hydrogen-bond acceptors (Lipinski definition) is 4. The summed E-state index contributed by atoms with van der Waals surface area (Å²) in [6, 6.07) is 16.4. The fraction of sp³-hybridized carbons (Fsp3) is 0.304. The molecule has 0 atom stereocenters. The van der Waals surface area contributed by atoms with Crippen molar-refractivity contribution in [2.75, 3.05) is 26.2 Å². The number of nitrogens with zero attached hydrogens (tertiary/aromatic N) is 1. The third-order valence-corrected chi connectivity index (χ3v) is 5.36.